The molecule has 2 atom stereocenters. The number of halogens is 1. The Kier molecular flexibility index (Phi) is 4.64. The number of hydrogen-bond acceptors (Lipinski definition) is 4. The van der Waals surface area contributed by atoms with Crippen molar-refractivity contribution in [2.24, 2.45) is 0 Å². The summed E-state index contributed by atoms with van der Waals surface area (Å²) >= 11 is 4.87. The van der Waals surface area contributed by atoms with Gasteiger partial charge in [-0.15, -0.1) is 4.72 Å². The normalized spacial score (nSPS) is 17.8. The molecular weight excluding hydrogens is 294 g/mol. The van der Waals surface area contributed by atoms with Crippen LogP contribution in [0.3, 0.4) is 0 Å². The van der Waals surface area contributed by atoms with E-state index in [4.69, 9.17) is 11.6 Å². The van der Waals surface area contributed by atoms with Gasteiger partial charge in [0.1, 0.15) is 10.6 Å². The van der Waals surface area contributed by atoms with Gasteiger partial charge >= 0.3 is 0 Å². The third-order valence-corrected chi connectivity index (χ3v) is 4.97. The number of fused-ring (bicyclic) bond motifs is 1. The molecule has 2 rings (SSSR count). The lowest BCUT2D eigenvalue weighted by molar-refractivity contribution is 0.536. The second-order valence-electron chi connectivity index (χ2n) is 5.88. The molecule has 0 saturated carbocycles. The van der Waals surface area contributed by atoms with Crippen molar-refractivity contribution < 1.29 is 4.55 Å². The van der Waals surface area contributed by atoms with E-state index in [1.54, 1.807) is 6.20 Å². The molecule has 20 heavy (non-hydrogen) atoms. The molecule has 1 aliphatic heterocycles. The van der Waals surface area contributed by atoms with Gasteiger partial charge < -0.3 is 9.87 Å². The van der Waals surface area contributed by atoms with Crippen LogP contribution in [0.4, 0.5) is 5.82 Å². The van der Waals surface area contributed by atoms with E-state index in [0.29, 0.717) is 11.6 Å². The van der Waals surface area contributed by atoms with E-state index in [0.717, 1.165) is 17.0 Å². The first-order valence-electron chi connectivity index (χ1n) is 6.55. The second kappa shape index (κ2) is 5.93. The summed E-state index contributed by atoms with van der Waals surface area (Å²) in [7, 11) is 0. The van der Waals surface area contributed by atoms with Gasteiger partial charge in [-0.1, -0.05) is 11.6 Å². The van der Waals surface area contributed by atoms with Crippen LogP contribution in [0.25, 0.3) is 6.08 Å². The van der Waals surface area contributed by atoms with Crippen molar-refractivity contribution in [2.45, 2.75) is 38.5 Å². The van der Waals surface area contributed by atoms with Crippen LogP contribution in [-0.4, -0.2) is 26.9 Å². The molecule has 0 aromatic carbocycles. The SMILES string of the molecule is C[C@H](N[S@@+]([O-])C(C)(C)C)C1=Cc2cc(Cl)cnc2NC1. The predicted molar refractivity (Wildman–Crippen MR) is 86.2 cm³/mol. The largest absolute Gasteiger partial charge is 0.598 e. The molecule has 1 aliphatic rings. The van der Waals surface area contributed by atoms with E-state index < -0.39 is 11.4 Å². The number of rotatable bonds is 3. The number of nitrogens with one attached hydrogen (secondary N) is 2. The fourth-order valence-corrected chi connectivity index (χ4v) is 2.83. The second-order valence-corrected chi connectivity index (χ2v) is 8.32. The van der Waals surface area contributed by atoms with Gasteiger partial charge in [0.15, 0.2) is 0 Å². The fraction of sp³-hybridized carbons (Fsp3) is 0.500. The first-order valence-corrected chi connectivity index (χ1v) is 8.08. The molecule has 0 radical (unpaired) electrons. The molecule has 2 heterocycles. The van der Waals surface area contributed by atoms with Crippen LogP contribution in [0.15, 0.2) is 17.8 Å². The Hall–Kier alpha value is -0.750. The average molecular weight is 314 g/mol. The Labute approximate surface area is 128 Å². The smallest absolute Gasteiger partial charge is 0.136 e. The number of aromatic nitrogens is 1. The van der Waals surface area contributed by atoms with Crippen LogP contribution in [0, 0.1) is 0 Å². The van der Waals surface area contributed by atoms with E-state index >= 15 is 0 Å². The van der Waals surface area contributed by atoms with Gasteiger partial charge in [-0.3, -0.25) is 0 Å². The van der Waals surface area contributed by atoms with E-state index in [9.17, 15) is 4.55 Å². The van der Waals surface area contributed by atoms with Crippen molar-refractivity contribution in [1.29, 1.82) is 0 Å². The van der Waals surface area contributed by atoms with Gasteiger partial charge in [-0.25, -0.2) is 4.98 Å². The van der Waals surface area contributed by atoms with Gasteiger partial charge in [-0.05, 0) is 45.4 Å². The molecule has 2 N–H and O–H groups in total. The first kappa shape index (κ1) is 15.6. The molecule has 4 nitrogen and oxygen atoms in total. The summed E-state index contributed by atoms with van der Waals surface area (Å²) in [5.74, 6) is 0.835. The lowest BCUT2D eigenvalue weighted by Gasteiger charge is -2.28. The summed E-state index contributed by atoms with van der Waals surface area (Å²) in [6.07, 6.45) is 3.69. The van der Waals surface area contributed by atoms with E-state index in [2.05, 4.69) is 21.1 Å². The Morgan fingerprint density at radius 1 is 1.50 bits per heavy atom. The molecule has 0 fully saturated rings. The quantitative estimate of drug-likeness (QED) is 0.842. The van der Waals surface area contributed by atoms with Crippen molar-refractivity contribution >= 4 is 34.9 Å². The van der Waals surface area contributed by atoms with E-state index in [1.165, 1.54) is 0 Å². The number of pyridine rings is 1. The van der Waals surface area contributed by atoms with Crippen LogP contribution in [0.2, 0.25) is 5.02 Å². The molecule has 0 spiro atoms. The highest BCUT2D eigenvalue weighted by atomic mass is 35.5. The predicted octanol–water partition coefficient (Wildman–Crippen LogP) is 2.98. The standard InChI is InChI=1S/C14H20ClN3OS/c1-9(18-20(19)14(2,3)4)11-5-10-6-12(15)8-17-13(10)16-7-11/h5-6,8-9,18H,7H2,1-4H3,(H,16,17)/t9-,20-/m0/s1. The zero-order valence-corrected chi connectivity index (χ0v) is 13.7. The Bertz CT molecular complexity index is 528. The van der Waals surface area contributed by atoms with E-state index in [1.807, 2.05) is 33.8 Å². The highest BCUT2D eigenvalue weighted by molar-refractivity contribution is 7.90. The van der Waals surface area contributed by atoms with Gasteiger partial charge in [0.05, 0.1) is 11.1 Å². The molecule has 1 aromatic rings. The maximum Gasteiger partial charge on any atom is 0.136 e. The molecular formula is C14H20ClN3OS. The minimum atomic E-state index is -1.09. The molecule has 0 amide bonds. The van der Waals surface area contributed by atoms with Gasteiger partial charge in [0.25, 0.3) is 0 Å². The molecule has 0 unspecified atom stereocenters. The number of nitrogens with zero attached hydrogens (tertiary/aromatic N) is 1. The van der Waals surface area contributed by atoms with Crippen molar-refractivity contribution in [3.63, 3.8) is 0 Å². The van der Waals surface area contributed by atoms with Gasteiger partial charge in [-0.2, -0.15) is 0 Å². The number of anilines is 1. The maximum atomic E-state index is 12.1. The number of hydrogen-bond donors (Lipinski definition) is 2. The molecule has 6 heteroatoms. The van der Waals surface area contributed by atoms with Crippen LogP contribution < -0.4 is 10.0 Å². The Balaban J connectivity index is 2.14. The maximum absolute atomic E-state index is 12.1. The zero-order valence-electron chi connectivity index (χ0n) is 12.2. The molecule has 0 saturated heterocycles. The minimum Gasteiger partial charge on any atom is -0.598 e. The Morgan fingerprint density at radius 2 is 2.20 bits per heavy atom. The molecule has 0 aliphatic carbocycles. The van der Waals surface area contributed by atoms with Crippen LogP contribution in [-0.2, 0) is 11.4 Å². The van der Waals surface area contributed by atoms with Crippen molar-refractivity contribution in [3.8, 4) is 0 Å². The monoisotopic (exact) mass is 313 g/mol. The van der Waals surface area contributed by atoms with Crippen molar-refractivity contribution in [3.05, 3.63) is 28.4 Å². The summed E-state index contributed by atoms with van der Waals surface area (Å²) in [6.45, 7) is 8.57. The highest BCUT2D eigenvalue weighted by Crippen LogP contribution is 2.26. The van der Waals surface area contributed by atoms with Crippen molar-refractivity contribution in [1.82, 2.24) is 9.71 Å². The third-order valence-electron chi connectivity index (χ3n) is 3.08. The lowest BCUT2D eigenvalue weighted by Crippen LogP contribution is -2.45. The van der Waals surface area contributed by atoms with Crippen LogP contribution >= 0.6 is 11.6 Å². The van der Waals surface area contributed by atoms with E-state index in [-0.39, 0.29) is 10.8 Å². The molecule has 0 bridgehead atoms. The topological polar surface area (TPSA) is 60.0 Å². The third kappa shape index (κ3) is 3.67. The molecule has 1 aromatic heterocycles. The van der Waals surface area contributed by atoms with Crippen molar-refractivity contribution in [2.75, 3.05) is 11.9 Å². The summed E-state index contributed by atoms with van der Waals surface area (Å²) < 4.78 is 15.0. The highest BCUT2D eigenvalue weighted by Gasteiger charge is 2.29. The van der Waals surface area contributed by atoms with Gasteiger partial charge in [0, 0.05) is 29.7 Å². The lowest BCUT2D eigenvalue weighted by atomic mass is 10.0. The minimum absolute atomic E-state index is 0.0229. The summed E-state index contributed by atoms with van der Waals surface area (Å²) in [5.41, 5.74) is 2.10. The Morgan fingerprint density at radius 3 is 2.85 bits per heavy atom. The fourth-order valence-electron chi connectivity index (χ4n) is 1.84. The zero-order chi connectivity index (χ0) is 14.9. The summed E-state index contributed by atoms with van der Waals surface area (Å²) in [6, 6.07) is 1.90. The van der Waals surface area contributed by atoms with Crippen LogP contribution in [0.1, 0.15) is 33.3 Å². The summed E-state index contributed by atoms with van der Waals surface area (Å²) in [5, 5.41) is 3.87. The molecule has 110 valence electrons. The van der Waals surface area contributed by atoms with Gasteiger partial charge in [0.2, 0.25) is 0 Å². The average Bonchev–Trinajstić information content (AvgIpc) is 2.36. The summed E-state index contributed by atoms with van der Waals surface area (Å²) in [4.78, 5) is 4.24. The first-order chi connectivity index (χ1) is 9.27. The van der Waals surface area contributed by atoms with Crippen LogP contribution in [0.5, 0.6) is 0 Å².